The van der Waals surface area contributed by atoms with Crippen molar-refractivity contribution >= 4 is 41.8 Å². The van der Waals surface area contributed by atoms with Gasteiger partial charge in [0, 0.05) is 78.3 Å². The first kappa shape index (κ1) is 24.3. The molecule has 0 aromatic carbocycles. The van der Waals surface area contributed by atoms with Crippen LogP contribution < -0.4 is 15.5 Å². The first-order valence-corrected chi connectivity index (χ1v) is 9.56. The Bertz CT molecular complexity index is 581. The zero-order valence-corrected chi connectivity index (χ0v) is 19.1. The van der Waals surface area contributed by atoms with Gasteiger partial charge in [0.25, 0.3) is 0 Å². The predicted molar refractivity (Wildman–Crippen MR) is 121 cm³/mol. The van der Waals surface area contributed by atoms with Crippen LogP contribution in [0.25, 0.3) is 0 Å². The average Bonchev–Trinajstić information content (AvgIpc) is 2.73. The van der Waals surface area contributed by atoms with Crippen LogP contribution >= 0.6 is 24.0 Å². The van der Waals surface area contributed by atoms with Crippen molar-refractivity contribution in [3.8, 4) is 0 Å². The van der Waals surface area contributed by atoms with Gasteiger partial charge in [-0.15, -0.1) is 24.0 Å². The molecule has 1 aliphatic heterocycles. The second-order valence-electron chi connectivity index (χ2n) is 6.14. The van der Waals surface area contributed by atoms with Gasteiger partial charge < -0.3 is 25.2 Å². The molecule has 1 aliphatic rings. The van der Waals surface area contributed by atoms with Gasteiger partial charge in [0.15, 0.2) is 5.96 Å². The number of anilines is 1. The Kier molecular flexibility index (Phi) is 12.5. The third kappa shape index (κ3) is 8.55. The molecule has 158 valence electrons. The molecule has 0 saturated carbocycles. The van der Waals surface area contributed by atoms with Crippen LogP contribution in [-0.2, 0) is 9.53 Å². The molecule has 28 heavy (non-hydrogen) atoms. The van der Waals surface area contributed by atoms with Gasteiger partial charge in [-0.05, 0) is 19.4 Å². The van der Waals surface area contributed by atoms with Gasteiger partial charge in [-0.3, -0.25) is 9.79 Å². The minimum atomic E-state index is 0. The highest BCUT2D eigenvalue weighted by atomic mass is 127. The van der Waals surface area contributed by atoms with Gasteiger partial charge in [-0.1, -0.05) is 0 Å². The van der Waals surface area contributed by atoms with Crippen molar-refractivity contribution in [3.63, 3.8) is 0 Å². The summed E-state index contributed by atoms with van der Waals surface area (Å²) in [5.41, 5.74) is 0. The summed E-state index contributed by atoms with van der Waals surface area (Å²) in [5.74, 6) is 1.60. The Morgan fingerprint density at radius 2 is 1.86 bits per heavy atom. The van der Waals surface area contributed by atoms with Crippen LogP contribution in [0.5, 0.6) is 0 Å². The standard InChI is InChI=1S/C18H31N7O2.HI/c1-3-27-15-5-9-20-17(19-2)21-10-6-16(26)24-11-13-25(14-12-24)18-22-7-4-8-23-18;/h4,7-8H,3,5-6,9-15H2,1-2H3,(H2,19,20,21);1H. The number of aliphatic imine (C=N–C) groups is 1. The Labute approximate surface area is 184 Å². The largest absolute Gasteiger partial charge is 0.382 e. The molecule has 2 rings (SSSR count). The van der Waals surface area contributed by atoms with E-state index in [0.717, 1.165) is 45.2 Å². The number of ether oxygens (including phenoxy) is 1. The minimum absolute atomic E-state index is 0. The maximum absolute atomic E-state index is 12.4. The maximum atomic E-state index is 12.4. The van der Waals surface area contributed by atoms with Crippen LogP contribution in [0.1, 0.15) is 19.8 Å². The normalized spacial score (nSPS) is 14.4. The molecule has 1 fully saturated rings. The van der Waals surface area contributed by atoms with E-state index in [4.69, 9.17) is 4.74 Å². The van der Waals surface area contributed by atoms with Crippen LogP contribution in [0, 0.1) is 0 Å². The van der Waals surface area contributed by atoms with Gasteiger partial charge in [0.2, 0.25) is 11.9 Å². The SMILES string of the molecule is CCOCCCNC(=NC)NCCC(=O)N1CCN(c2ncccn2)CC1.I. The number of guanidine groups is 1. The molecule has 10 heteroatoms. The molecule has 2 N–H and O–H groups in total. The van der Waals surface area contributed by atoms with Crippen molar-refractivity contribution in [2.75, 3.05) is 64.4 Å². The van der Waals surface area contributed by atoms with E-state index < -0.39 is 0 Å². The van der Waals surface area contributed by atoms with Crippen LogP contribution in [0.4, 0.5) is 5.95 Å². The lowest BCUT2D eigenvalue weighted by molar-refractivity contribution is -0.131. The summed E-state index contributed by atoms with van der Waals surface area (Å²) in [4.78, 5) is 29.1. The number of amides is 1. The lowest BCUT2D eigenvalue weighted by Gasteiger charge is -2.34. The molecule has 1 aromatic rings. The number of halogens is 1. The van der Waals surface area contributed by atoms with Crippen molar-refractivity contribution in [1.29, 1.82) is 0 Å². The van der Waals surface area contributed by atoms with E-state index >= 15 is 0 Å². The molecule has 0 atom stereocenters. The van der Waals surface area contributed by atoms with E-state index in [1.54, 1.807) is 25.5 Å². The van der Waals surface area contributed by atoms with Gasteiger partial charge in [-0.2, -0.15) is 0 Å². The van der Waals surface area contributed by atoms with E-state index in [0.29, 0.717) is 32.0 Å². The van der Waals surface area contributed by atoms with E-state index in [1.165, 1.54) is 0 Å². The summed E-state index contributed by atoms with van der Waals surface area (Å²) >= 11 is 0. The topological polar surface area (TPSA) is 95.0 Å². The molecule has 9 nitrogen and oxygen atoms in total. The number of carbonyl (C=O) groups excluding carboxylic acids is 1. The van der Waals surface area contributed by atoms with E-state index in [2.05, 4.69) is 30.5 Å². The lowest BCUT2D eigenvalue weighted by Crippen LogP contribution is -2.50. The summed E-state index contributed by atoms with van der Waals surface area (Å²) in [7, 11) is 1.73. The molecule has 0 spiro atoms. The lowest BCUT2D eigenvalue weighted by atomic mass is 10.3. The fourth-order valence-corrected chi connectivity index (χ4v) is 2.80. The summed E-state index contributed by atoms with van der Waals surface area (Å²) in [6.07, 6.45) is 4.84. The molecule has 1 saturated heterocycles. The van der Waals surface area contributed by atoms with Crippen molar-refractivity contribution in [2.24, 2.45) is 4.99 Å². The molecule has 1 amide bonds. The van der Waals surface area contributed by atoms with Crippen molar-refractivity contribution in [1.82, 2.24) is 25.5 Å². The highest BCUT2D eigenvalue weighted by molar-refractivity contribution is 14.0. The highest BCUT2D eigenvalue weighted by Crippen LogP contribution is 2.10. The first-order chi connectivity index (χ1) is 13.2. The summed E-state index contributed by atoms with van der Waals surface area (Å²) < 4.78 is 5.30. The fraction of sp³-hybridized carbons (Fsp3) is 0.667. The molecule has 0 bridgehead atoms. The van der Waals surface area contributed by atoms with Crippen LogP contribution in [-0.4, -0.2) is 86.3 Å². The summed E-state index contributed by atoms with van der Waals surface area (Å²) in [5, 5.41) is 6.40. The van der Waals surface area contributed by atoms with E-state index in [1.807, 2.05) is 11.8 Å². The fourth-order valence-electron chi connectivity index (χ4n) is 2.80. The van der Waals surface area contributed by atoms with Gasteiger partial charge in [-0.25, -0.2) is 9.97 Å². The van der Waals surface area contributed by atoms with E-state index in [-0.39, 0.29) is 29.9 Å². The zero-order valence-electron chi connectivity index (χ0n) is 16.8. The van der Waals surface area contributed by atoms with Crippen LogP contribution in [0.2, 0.25) is 0 Å². The maximum Gasteiger partial charge on any atom is 0.225 e. The van der Waals surface area contributed by atoms with Crippen LogP contribution in [0.3, 0.4) is 0 Å². The Morgan fingerprint density at radius 1 is 1.18 bits per heavy atom. The Balaban J connectivity index is 0.00000392. The van der Waals surface area contributed by atoms with Crippen molar-refractivity contribution in [3.05, 3.63) is 18.5 Å². The third-order valence-electron chi connectivity index (χ3n) is 4.28. The number of nitrogens with one attached hydrogen (secondary N) is 2. The number of carbonyl (C=O) groups is 1. The number of aromatic nitrogens is 2. The smallest absolute Gasteiger partial charge is 0.225 e. The Hall–Kier alpha value is -1.69. The molecule has 0 unspecified atom stereocenters. The monoisotopic (exact) mass is 505 g/mol. The molecule has 1 aromatic heterocycles. The quantitative estimate of drug-likeness (QED) is 0.221. The second kappa shape index (κ2) is 14.3. The van der Waals surface area contributed by atoms with Gasteiger partial charge in [0.1, 0.15) is 0 Å². The number of piperazine rings is 1. The molecule has 0 radical (unpaired) electrons. The number of hydrogen-bond donors (Lipinski definition) is 2. The van der Waals surface area contributed by atoms with E-state index in [9.17, 15) is 4.79 Å². The highest BCUT2D eigenvalue weighted by Gasteiger charge is 2.22. The molecular weight excluding hydrogens is 473 g/mol. The van der Waals surface area contributed by atoms with Gasteiger partial charge >= 0.3 is 0 Å². The zero-order chi connectivity index (χ0) is 19.3. The van der Waals surface area contributed by atoms with Gasteiger partial charge in [0.05, 0.1) is 0 Å². The van der Waals surface area contributed by atoms with Crippen LogP contribution in [0.15, 0.2) is 23.5 Å². The molecule has 0 aliphatic carbocycles. The summed E-state index contributed by atoms with van der Waals surface area (Å²) in [6.45, 7) is 7.71. The number of rotatable bonds is 9. The van der Waals surface area contributed by atoms with Crippen molar-refractivity contribution in [2.45, 2.75) is 19.8 Å². The summed E-state index contributed by atoms with van der Waals surface area (Å²) in [6, 6.07) is 1.80. The third-order valence-corrected chi connectivity index (χ3v) is 4.28. The van der Waals surface area contributed by atoms with Crippen molar-refractivity contribution < 1.29 is 9.53 Å². The predicted octanol–water partition coefficient (Wildman–Crippen LogP) is 0.725. The average molecular weight is 505 g/mol. The number of hydrogen-bond acceptors (Lipinski definition) is 6. The first-order valence-electron chi connectivity index (χ1n) is 9.56. The Morgan fingerprint density at radius 3 is 2.50 bits per heavy atom. The second-order valence-corrected chi connectivity index (χ2v) is 6.14. The molecular formula is C18H32IN7O2. The number of nitrogens with zero attached hydrogens (tertiary/aromatic N) is 5. The minimum Gasteiger partial charge on any atom is -0.382 e. The molecule has 2 heterocycles.